The molecule has 1 amide bonds. The molecule has 1 rings (SSSR count). The van der Waals surface area contributed by atoms with E-state index in [1.165, 1.54) is 0 Å². The predicted molar refractivity (Wildman–Crippen MR) is 104 cm³/mol. The van der Waals surface area contributed by atoms with Crippen LogP contribution in [-0.2, 0) is 9.59 Å². The zero-order valence-electron chi connectivity index (χ0n) is 16.6. The van der Waals surface area contributed by atoms with Crippen LogP contribution in [0.5, 0.6) is 0 Å². The molecule has 29 heavy (non-hydrogen) atoms. The lowest BCUT2D eigenvalue weighted by Gasteiger charge is -2.40. The Morgan fingerprint density at radius 2 is 1.62 bits per heavy atom. The predicted octanol–water partition coefficient (Wildman–Crippen LogP) is 5.27. The van der Waals surface area contributed by atoms with Gasteiger partial charge in [0.15, 0.2) is 0 Å². The lowest BCUT2D eigenvalue weighted by molar-refractivity contribution is -0.119. The van der Waals surface area contributed by atoms with Gasteiger partial charge in [-0.1, -0.05) is 52.3 Å². The Kier molecular flexibility index (Phi) is 6.31. The van der Waals surface area contributed by atoms with Gasteiger partial charge >= 0.3 is 10.2 Å². The molecule has 0 aromatic heterocycles. The molecule has 11 heteroatoms. The second kappa shape index (κ2) is 7.43. The highest BCUT2D eigenvalue weighted by atomic mass is 32.5. The molecular weight excluding hydrogens is 417 g/mol. The fourth-order valence-electron chi connectivity index (χ4n) is 2.39. The highest BCUT2D eigenvalue weighted by Gasteiger charge is 2.65. The largest absolute Gasteiger partial charge is 0.377 e. The van der Waals surface area contributed by atoms with Gasteiger partial charge in [-0.2, -0.15) is 0 Å². The number of rotatable bonds is 6. The number of hydrogen-bond donors (Lipinski definition) is 2. The molecule has 0 fully saturated rings. The van der Waals surface area contributed by atoms with Crippen molar-refractivity contribution in [3.05, 3.63) is 41.6 Å². The Hall–Kier alpha value is -2.43. The van der Waals surface area contributed by atoms with Crippen LogP contribution < -0.4 is 10.6 Å². The maximum absolute atomic E-state index is 12.9. The smallest absolute Gasteiger partial charge is 0.310 e. The Balaban J connectivity index is 3.32. The summed E-state index contributed by atoms with van der Waals surface area (Å²) in [6.07, 6.45) is 1.31. The molecule has 2 N–H and O–H groups in total. The van der Waals surface area contributed by atoms with E-state index in [0.29, 0.717) is 24.3 Å². The molecule has 5 nitrogen and oxygen atoms in total. The number of carbonyl (C=O) groups is 2. The maximum atomic E-state index is 12.9. The van der Waals surface area contributed by atoms with E-state index in [1.807, 2.05) is 0 Å². The van der Waals surface area contributed by atoms with E-state index in [-0.39, 0.29) is 11.3 Å². The Bertz CT molecular complexity index is 842. The molecule has 1 aromatic rings. The van der Waals surface area contributed by atoms with Gasteiger partial charge in [-0.25, -0.2) is 4.99 Å². The van der Waals surface area contributed by atoms with Crippen molar-refractivity contribution in [2.24, 2.45) is 10.4 Å². The van der Waals surface area contributed by atoms with E-state index < -0.39 is 32.5 Å². The molecular formula is C18H24F5N3O2S. The van der Waals surface area contributed by atoms with Gasteiger partial charge < -0.3 is 10.6 Å². The summed E-state index contributed by atoms with van der Waals surface area (Å²) in [7, 11) is -8.23. The van der Waals surface area contributed by atoms with Crippen LogP contribution in [0.3, 0.4) is 0 Å². The van der Waals surface area contributed by atoms with E-state index in [9.17, 15) is 29.0 Å². The number of hydrogen-bond acceptors (Lipinski definition) is 3. The second-order valence-electron chi connectivity index (χ2n) is 7.45. The number of allylic oxidation sites excluding steroid dienone is 1. The van der Waals surface area contributed by atoms with Crippen molar-refractivity contribution in [2.75, 3.05) is 7.05 Å². The lowest BCUT2D eigenvalue weighted by Crippen LogP contribution is -2.37. The number of nitrogens with one attached hydrogen (secondary N) is 2. The molecule has 0 aliphatic rings. The van der Waals surface area contributed by atoms with Gasteiger partial charge in [-0.15, -0.1) is 0 Å². The third kappa shape index (κ3) is 7.15. The summed E-state index contributed by atoms with van der Waals surface area (Å²) >= 11 is 0. The van der Waals surface area contributed by atoms with Crippen molar-refractivity contribution in [1.29, 1.82) is 0 Å². The van der Waals surface area contributed by atoms with E-state index in [0.717, 1.165) is 18.2 Å². The van der Waals surface area contributed by atoms with Crippen LogP contribution in [0, 0.1) is 5.41 Å². The first-order valence-corrected chi connectivity index (χ1v) is 10.4. The molecule has 0 saturated heterocycles. The molecule has 1 aromatic carbocycles. The average molecular weight is 441 g/mol. The molecule has 0 aliphatic heterocycles. The van der Waals surface area contributed by atoms with Crippen molar-refractivity contribution in [3.8, 4) is 0 Å². The summed E-state index contributed by atoms with van der Waals surface area (Å²) in [5.41, 5.74) is -0.721. The minimum absolute atomic E-state index is 0.191. The number of nitrogens with zero attached hydrogens (tertiary/aromatic N) is 1. The number of amides is 1. The lowest BCUT2D eigenvalue weighted by atomic mass is 9.82. The first kappa shape index (κ1) is 24.6. The van der Waals surface area contributed by atoms with Gasteiger partial charge in [0.25, 0.3) is 5.91 Å². The first-order valence-electron chi connectivity index (χ1n) is 8.42. The third-order valence-electron chi connectivity index (χ3n) is 3.91. The maximum Gasteiger partial charge on any atom is 0.310 e. The summed E-state index contributed by atoms with van der Waals surface area (Å²) < 4.78 is 64.7. The second-order valence-corrected chi connectivity index (χ2v) is 9.86. The quantitative estimate of drug-likeness (QED) is 0.208. The van der Waals surface area contributed by atoms with Crippen molar-refractivity contribution >= 4 is 28.3 Å². The highest BCUT2D eigenvalue weighted by Crippen LogP contribution is 3.02. The average Bonchev–Trinajstić information content (AvgIpc) is 2.56. The van der Waals surface area contributed by atoms with Gasteiger partial charge in [0.2, 0.25) is 0 Å². The zero-order chi connectivity index (χ0) is 22.7. The van der Waals surface area contributed by atoms with Gasteiger partial charge in [-0.05, 0) is 30.0 Å². The summed E-state index contributed by atoms with van der Waals surface area (Å²) in [5.74, 6) is -0.399. The molecule has 1 unspecified atom stereocenters. The summed E-state index contributed by atoms with van der Waals surface area (Å²) in [5, 5.41) is 5.30. The SMILES string of the molecule is CN/C(C)=N\C(=C/C=O)C(=O)NC(c1ccc(S(F)(F)(F)(F)F)cc1)C(C)(C)C. The molecule has 1 atom stereocenters. The normalized spacial score (nSPS) is 17.0. The van der Waals surface area contributed by atoms with Crippen molar-refractivity contribution in [3.63, 3.8) is 0 Å². The molecule has 0 spiro atoms. The fourth-order valence-corrected chi connectivity index (χ4v) is 3.04. The van der Waals surface area contributed by atoms with Gasteiger partial charge in [-0.3, -0.25) is 9.59 Å². The van der Waals surface area contributed by atoms with Crippen molar-refractivity contribution in [1.82, 2.24) is 10.6 Å². The minimum atomic E-state index is -9.79. The van der Waals surface area contributed by atoms with Crippen LogP contribution in [0.4, 0.5) is 19.4 Å². The topological polar surface area (TPSA) is 70.6 Å². The number of aliphatic imine (C=N–C) groups is 1. The Labute approximate surface area is 166 Å². The third-order valence-corrected chi connectivity index (χ3v) is 5.07. The minimum Gasteiger partial charge on any atom is -0.377 e. The number of carbonyl (C=O) groups excluding carboxylic acids is 2. The zero-order valence-corrected chi connectivity index (χ0v) is 17.4. The van der Waals surface area contributed by atoms with Crippen LogP contribution in [0.15, 0.2) is 45.9 Å². The van der Waals surface area contributed by atoms with Gasteiger partial charge in [0.1, 0.15) is 16.9 Å². The van der Waals surface area contributed by atoms with Crippen LogP contribution in [-0.4, -0.2) is 25.1 Å². The van der Waals surface area contributed by atoms with Crippen molar-refractivity contribution < 1.29 is 29.0 Å². The Morgan fingerprint density at radius 3 is 2.00 bits per heavy atom. The molecule has 164 valence electrons. The van der Waals surface area contributed by atoms with Crippen LogP contribution in [0.25, 0.3) is 0 Å². The molecule has 0 aliphatic carbocycles. The number of amidine groups is 1. The van der Waals surface area contributed by atoms with E-state index in [2.05, 4.69) is 15.6 Å². The molecule has 0 bridgehead atoms. The number of aldehydes is 1. The van der Waals surface area contributed by atoms with E-state index >= 15 is 0 Å². The summed E-state index contributed by atoms with van der Waals surface area (Å²) in [4.78, 5) is 25.3. The van der Waals surface area contributed by atoms with Crippen molar-refractivity contribution in [2.45, 2.75) is 38.6 Å². The van der Waals surface area contributed by atoms with E-state index in [1.54, 1.807) is 34.7 Å². The van der Waals surface area contributed by atoms with Gasteiger partial charge in [0, 0.05) is 13.1 Å². The molecule has 0 saturated carbocycles. The summed E-state index contributed by atoms with van der Waals surface area (Å²) in [6.45, 7) is 6.69. The van der Waals surface area contributed by atoms with Gasteiger partial charge in [0.05, 0.1) is 11.9 Å². The van der Waals surface area contributed by atoms with Crippen LogP contribution in [0.2, 0.25) is 0 Å². The molecule has 0 heterocycles. The fraction of sp³-hybridized carbons (Fsp3) is 0.389. The highest BCUT2D eigenvalue weighted by molar-refractivity contribution is 8.45. The van der Waals surface area contributed by atoms with Crippen LogP contribution in [0.1, 0.15) is 39.3 Å². The Morgan fingerprint density at radius 1 is 1.10 bits per heavy atom. The summed E-state index contributed by atoms with van der Waals surface area (Å²) in [6, 6.07) is 1.55. The molecule has 0 radical (unpaired) electrons. The number of halogens is 5. The number of benzene rings is 1. The monoisotopic (exact) mass is 441 g/mol. The first-order chi connectivity index (χ1) is 12.9. The standard InChI is InChI=1S/C18H24F5N3O2S/c1-12(24-5)25-15(10-11-27)17(28)26-16(18(2,3)4)13-6-8-14(9-7-13)29(19,20,21,22)23/h6-11,16H,1-5H3,(H,24,25)(H,26,28)/b15-10-. The van der Waals surface area contributed by atoms with E-state index in [4.69, 9.17) is 0 Å². The van der Waals surface area contributed by atoms with Crippen LogP contribution >= 0.6 is 10.2 Å².